The molecule has 27 heavy (non-hydrogen) atoms. The summed E-state index contributed by atoms with van der Waals surface area (Å²) in [5.74, 6) is -0.253. The molecule has 0 radical (unpaired) electrons. The predicted molar refractivity (Wildman–Crippen MR) is 99.2 cm³/mol. The molecular formula is C19H20N2O5S. The van der Waals surface area contributed by atoms with Crippen LogP contribution in [0, 0.1) is 11.3 Å². The topological polar surface area (TPSA) is 96.7 Å². The van der Waals surface area contributed by atoms with E-state index >= 15 is 0 Å². The van der Waals surface area contributed by atoms with Gasteiger partial charge < -0.3 is 9.47 Å². The Morgan fingerprint density at radius 1 is 1.11 bits per heavy atom. The average molecular weight is 388 g/mol. The SMILES string of the molecule is COc1cc(C#N)ccc1OC(=O)c1ccc(S(=O)(=O)N(C)C(C)C)cc1. The predicted octanol–water partition coefficient (Wildman–Crippen LogP) is 2.81. The number of rotatable bonds is 6. The third-order valence-electron chi connectivity index (χ3n) is 3.99. The summed E-state index contributed by atoms with van der Waals surface area (Å²) in [6, 6.07) is 11.7. The van der Waals surface area contributed by atoms with Gasteiger partial charge in [-0.1, -0.05) is 0 Å². The molecule has 0 unspecified atom stereocenters. The fourth-order valence-electron chi connectivity index (χ4n) is 2.19. The summed E-state index contributed by atoms with van der Waals surface area (Å²) in [5.41, 5.74) is 0.558. The van der Waals surface area contributed by atoms with Crippen LogP contribution in [0.1, 0.15) is 29.8 Å². The Hall–Kier alpha value is -2.89. The van der Waals surface area contributed by atoms with E-state index in [0.717, 1.165) is 0 Å². The molecule has 2 aromatic rings. The highest BCUT2D eigenvalue weighted by atomic mass is 32.2. The van der Waals surface area contributed by atoms with Crippen LogP contribution in [-0.4, -0.2) is 38.9 Å². The van der Waals surface area contributed by atoms with E-state index in [0.29, 0.717) is 5.56 Å². The summed E-state index contributed by atoms with van der Waals surface area (Å²) in [6.07, 6.45) is 0. The number of carbonyl (C=O) groups excluding carboxylic acids is 1. The Morgan fingerprint density at radius 2 is 1.74 bits per heavy atom. The Bertz CT molecular complexity index is 976. The Labute approximate surface area is 158 Å². The molecule has 2 rings (SSSR count). The van der Waals surface area contributed by atoms with Crippen molar-refractivity contribution in [3.63, 3.8) is 0 Å². The van der Waals surface area contributed by atoms with Crippen molar-refractivity contribution in [1.29, 1.82) is 5.26 Å². The van der Waals surface area contributed by atoms with Crippen LogP contribution >= 0.6 is 0 Å². The van der Waals surface area contributed by atoms with Crippen LogP contribution in [0.15, 0.2) is 47.4 Å². The van der Waals surface area contributed by atoms with Crippen LogP contribution in [0.25, 0.3) is 0 Å². The molecule has 0 heterocycles. The van der Waals surface area contributed by atoms with Gasteiger partial charge in [0.05, 0.1) is 29.2 Å². The van der Waals surface area contributed by atoms with E-state index in [1.165, 1.54) is 60.9 Å². The molecule has 8 heteroatoms. The fourth-order valence-corrected chi connectivity index (χ4v) is 3.55. The smallest absolute Gasteiger partial charge is 0.343 e. The first-order chi connectivity index (χ1) is 12.7. The molecule has 0 aliphatic heterocycles. The number of carbonyl (C=O) groups is 1. The molecule has 0 saturated heterocycles. The Balaban J connectivity index is 2.23. The third kappa shape index (κ3) is 4.45. The van der Waals surface area contributed by atoms with Crippen LogP contribution in [0.2, 0.25) is 0 Å². The summed E-state index contributed by atoms with van der Waals surface area (Å²) in [4.78, 5) is 12.4. The molecule has 0 amide bonds. The quantitative estimate of drug-likeness (QED) is 0.558. The van der Waals surface area contributed by atoms with Gasteiger partial charge in [0.1, 0.15) is 0 Å². The maximum absolute atomic E-state index is 12.5. The van der Waals surface area contributed by atoms with Gasteiger partial charge in [-0.05, 0) is 50.2 Å². The van der Waals surface area contributed by atoms with E-state index in [1.54, 1.807) is 13.8 Å². The van der Waals surface area contributed by atoms with Gasteiger partial charge in [0.25, 0.3) is 0 Å². The van der Waals surface area contributed by atoms with E-state index in [1.807, 2.05) is 6.07 Å². The normalized spacial score (nSPS) is 11.3. The van der Waals surface area contributed by atoms with Crippen LogP contribution in [0.5, 0.6) is 11.5 Å². The van der Waals surface area contributed by atoms with Gasteiger partial charge in [-0.2, -0.15) is 9.57 Å². The second kappa shape index (κ2) is 8.20. The summed E-state index contributed by atoms with van der Waals surface area (Å²) in [5, 5.41) is 8.91. The molecule has 0 N–H and O–H groups in total. The van der Waals surface area contributed by atoms with E-state index < -0.39 is 16.0 Å². The van der Waals surface area contributed by atoms with E-state index in [2.05, 4.69) is 0 Å². The van der Waals surface area contributed by atoms with Gasteiger partial charge in [-0.15, -0.1) is 0 Å². The zero-order valence-electron chi connectivity index (χ0n) is 15.5. The van der Waals surface area contributed by atoms with E-state index in [9.17, 15) is 13.2 Å². The third-order valence-corrected chi connectivity index (χ3v) is 6.04. The van der Waals surface area contributed by atoms with Crippen molar-refractivity contribution in [2.24, 2.45) is 0 Å². The molecule has 0 bridgehead atoms. The van der Waals surface area contributed by atoms with Crippen LogP contribution < -0.4 is 9.47 Å². The summed E-state index contributed by atoms with van der Waals surface area (Å²) >= 11 is 0. The molecule has 0 aliphatic carbocycles. The molecule has 0 spiro atoms. The number of methoxy groups -OCH3 is 1. The average Bonchev–Trinajstić information content (AvgIpc) is 2.67. The maximum atomic E-state index is 12.5. The van der Waals surface area contributed by atoms with Gasteiger partial charge in [0.2, 0.25) is 10.0 Å². The second-order valence-electron chi connectivity index (χ2n) is 6.01. The van der Waals surface area contributed by atoms with Crippen LogP contribution in [-0.2, 0) is 10.0 Å². The van der Waals surface area contributed by atoms with E-state index in [4.69, 9.17) is 14.7 Å². The van der Waals surface area contributed by atoms with E-state index in [-0.39, 0.29) is 28.0 Å². The molecule has 0 aliphatic rings. The number of nitriles is 1. The number of benzene rings is 2. The van der Waals surface area contributed by atoms with Crippen molar-refractivity contribution in [2.75, 3.05) is 14.2 Å². The minimum Gasteiger partial charge on any atom is -0.493 e. The first kappa shape index (κ1) is 20.4. The number of ether oxygens (including phenoxy) is 2. The van der Waals surface area contributed by atoms with Crippen LogP contribution in [0.3, 0.4) is 0 Å². The summed E-state index contributed by atoms with van der Waals surface area (Å²) in [6.45, 7) is 3.54. The van der Waals surface area contributed by atoms with Gasteiger partial charge in [0.15, 0.2) is 11.5 Å². The minimum atomic E-state index is -3.63. The summed E-state index contributed by atoms with van der Waals surface area (Å²) < 4.78 is 36.6. The lowest BCUT2D eigenvalue weighted by molar-refractivity contribution is 0.0729. The van der Waals surface area contributed by atoms with Gasteiger partial charge in [0, 0.05) is 19.2 Å². The minimum absolute atomic E-state index is 0.0891. The Kier molecular flexibility index (Phi) is 6.20. The number of sulfonamides is 1. The molecule has 0 aromatic heterocycles. The van der Waals surface area contributed by atoms with Gasteiger partial charge in [-0.25, -0.2) is 13.2 Å². The molecule has 0 fully saturated rings. The lowest BCUT2D eigenvalue weighted by Crippen LogP contribution is -2.33. The standard InChI is InChI=1S/C19H20N2O5S/c1-13(2)21(3)27(23,24)16-8-6-15(7-9-16)19(22)26-17-10-5-14(12-20)11-18(17)25-4/h5-11,13H,1-4H3. The monoisotopic (exact) mass is 388 g/mol. The van der Waals surface area contributed by atoms with Crippen molar-refractivity contribution in [3.8, 4) is 17.6 Å². The largest absolute Gasteiger partial charge is 0.493 e. The van der Waals surface area contributed by atoms with Crippen molar-refractivity contribution in [1.82, 2.24) is 4.31 Å². The highest BCUT2D eigenvalue weighted by Crippen LogP contribution is 2.28. The van der Waals surface area contributed by atoms with Crippen molar-refractivity contribution in [2.45, 2.75) is 24.8 Å². The Morgan fingerprint density at radius 3 is 2.26 bits per heavy atom. The van der Waals surface area contributed by atoms with Crippen molar-refractivity contribution >= 4 is 16.0 Å². The number of hydrogen-bond acceptors (Lipinski definition) is 6. The lowest BCUT2D eigenvalue weighted by Gasteiger charge is -2.21. The van der Waals surface area contributed by atoms with Crippen LogP contribution in [0.4, 0.5) is 0 Å². The first-order valence-corrected chi connectivity index (χ1v) is 9.53. The van der Waals surface area contributed by atoms with Gasteiger partial charge in [-0.3, -0.25) is 0 Å². The molecule has 142 valence electrons. The lowest BCUT2D eigenvalue weighted by atomic mass is 10.2. The molecule has 2 aromatic carbocycles. The first-order valence-electron chi connectivity index (χ1n) is 8.09. The highest BCUT2D eigenvalue weighted by molar-refractivity contribution is 7.89. The zero-order chi connectivity index (χ0) is 20.2. The second-order valence-corrected chi connectivity index (χ2v) is 8.00. The maximum Gasteiger partial charge on any atom is 0.343 e. The van der Waals surface area contributed by atoms with Crippen molar-refractivity contribution in [3.05, 3.63) is 53.6 Å². The molecule has 0 saturated carbocycles. The highest BCUT2D eigenvalue weighted by Gasteiger charge is 2.23. The zero-order valence-corrected chi connectivity index (χ0v) is 16.3. The molecular weight excluding hydrogens is 368 g/mol. The fraction of sp³-hybridized carbons (Fsp3) is 0.263. The molecule has 0 atom stereocenters. The van der Waals surface area contributed by atoms with Crippen molar-refractivity contribution < 1.29 is 22.7 Å². The molecule has 7 nitrogen and oxygen atoms in total. The van der Waals surface area contributed by atoms with Gasteiger partial charge >= 0.3 is 5.97 Å². The number of hydrogen-bond donors (Lipinski definition) is 0. The number of esters is 1. The number of nitrogens with zero attached hydrogens (tertiary/aromatic N) is 2. The summed E-state index contributed by atoms with van der Waals surface area (Å²) in [7, 11) is -0.727.